The van der Waals surface area contributed by atoms with Crippen molar-refractivity contribution in [2.24, 2.45) is 5.84 Å². The molecule has 1 heterocycles. The number of hydrazine groups is 1. The summed E-state index contributed by atoms with van der Waals surface area (Å²) in [6.07, 6.45) is 5.61. The number of nitrogens with zero attached hydrogens (tertiary/aromatic N) is 3. The van der Waals surface area contributed by atoms with Crippen molar-refractivity contribution in [3.63, 3.8) is 0 Å². The molecular formula is C13H25N5S. The van der Waals surface area contributed by atoms with Crippen LogP contribution in [0.1, 0.15) is 40.0 Å². The third kappa shape index (κ3) is 4.87. The monoisotopic (exact) mass is 283 g/mol. The summed E-state index contributed by atoms with van der Waals surface area (Å²) in [4.78, 5) is 11.2. The van der Waals surface area contributed by atoms with E-state index in [1.54, 1.807) is 0 Å². The van der Waals surface area contributed by atoms with E-state index in [1.165, 1.54) is 31.0 Å². The smallest absolute Gasteiger partial charge is 0.191 e. The molecule has 0 saturated heterocycles. The quantitative estimate of drug-likeness (QED) is 0.251. The predicted octanol–water partition coefficient (Wildman–Crippen LogP) is 2.89. The normalized spacial score (nSPS) is 10.8. The maximum atomic E-state index is 5.47. The lowest BCUT2D eigenvalue weighted by atomic mass is 10.2. The number of hydrogen-bond donors (Lipinski definition) is 2. The number of nitrogen functional groups attached to an aromatic ring is 1. The van der Waals surface area contributed by atoms with Gasteiger partial charge in [-0.05, 0) is 26.5 Å². The molecule has 0 aliphatic heterocycles. The van der Waals surface area contributed by atoms with E-state index in [2.05, 4.69) is 41.1 Å². The standard InChI is InChI=1S/C13H25N5S/c1-5-6-7-8-18(10(2)3)12-9-11(17-14)15-13(16-12)19-4/h9-10H,5-8,14H2,1-4H3,(H,15,16,17). The highest BCUT2D eigenvalue weighted by atomic mass is 32.2. The van der Waals surface area contributed by atoms with Crippen molar-refractivity contribution in [2.75, 3.05) is 23.1 Å². The lowest BCUT2D eigenvalue weighted by Gasteiger charge is -2.28. The van der Waals surface area contributed by atoms with Gasteiger partial charge < -0.3 is 10.3 Å². The molecule has 0 spiro atoms. The van der Waals surface area contributed by atoms with Gasteiger partial charge in [0.1, 0.15) is 11.6 Å². The van der Waals surface area contributed by atoms with Crippen LogP contribution in [0.4, 0.5) is 11.6 Å². The van der Waals surface area contributed by atoms with Gasteiger partial charge in [0.2, 0.25) is 0 Å². The molecule has 0 radical (unpaired) electrons. The van der Waals surface area contributed by atoms with Crippen molar-refractivity contribution < 1.29 is 0 Å². The molecule has 1 aromatic rings. The highest BCUT2D eigenvalue weighted by Gasteiger charge is 2.14. The predicted molar refractivity (Wildman–Crippen MR) is 83.6 cm³/mol. The lowest BCUT2D eigenvalue weighted by Crippen LogP contribution is -2.32. The third-order valence-corrected chi connectivity index (χ3v) is 3.49. The van der Waals surface area contributed by atoms with Crippen LogP contribution in [0.3, 0.4) is 0 Å². The van der Waals surface area contributed by atoms with E-state index in [4.69, 9.17) is 5.84 Å². The average molecular weight is 283 g/mol. The highest BCUT2D eigenvalue weighted by Crippen LogP contribution is 2.22. The van der Waals surface area contributed by atoms with Crippen LogP contribution in [0.25, 0.3) is 0 Å². The van der Waals surface area contributed by atoms with Gasteiger partial charge in [0, 0.05) is 18.7 Å². The molecule has 0 fully saturated rings. The molecule has 0 aliphatic rings. The van der Waals surface area contributed by atoms with Gasteiger partial charge >= 0.3 is 0 Å². The second-order valence-corrected chi connectivity index (χ2v) is 5.51. The Morgan fingerprint density at radius 3 is 2.63 bits per heavy atom. The first-order chi connectivity index (χ1) is 9.12. The molecule has 0 amide bonds. The topological polar surface area (TPSA) is 67.1 Å². The van der Waals surface area contributed by atoms with Crippen molar-refractivity contribution in [2.45, 2.75) is 51.2 Å². The van der Waals surface area contributed by atoms with Crippen molar-refractivity contribution in [1.29, 1.82) is 0 Å². The Balaban J connectivity index is 2.93. The second kappa shape index (κ2) is 8.22. The molecule has 19 heavy (non-hydrogen) atoms. The van der Waals surface area contributed by atoms with Crippen LogP contribution in [-0.2, 0) is 0 Å². The SMILES string of the molecule is CCCCCN(c1cc(NN)nc(SC)n1)C(C)C. The molecule has 5 nitrogen and oxygen atoms in total. The van der Waals surface area contributed by atoms with Gasteiger partial charge in [0.25, 0.3) is 0 Å². The number of nitrogens with one attached hydrogen (secondary N) is 1. The summed E-state index contributed by atoms with van der Waals surface area (Å²) in [6.45, 7) is 7.59. The summed E-state index contributed by atoms with van der Waals surface area (Å²) in [5.41, 5.74) is 2.61. The molecule has 0 aromatic carbocycles. The Hall–Kier alpha value is -1.01. The van der Waals surface area contributed by atoms with Crippen LogP contribution in [0.15, 0.2) is 11.2 Å². The number of aromatic nitrogens is 2. The fraction of sp³-hybridized carbons (Fsp3) is 0.692. The molecule has 1 rings (SSSR count). The first kappa shape index (κ1) is 16.0. The summed E-state index contributed by atoms with van der Waals surface area (Å²) in [5, 5.41) is 0.742. The number of rotatable bonds is 8. The molecule has 108 valence electrons. The van der Waals surface area contributed by atoms with Crippen LogP contribution < -0.4 is 16.2 Å². The zero-order valence-corrected chi connectivity index (χ0v) is 13.1. The summed E-state index contributed by atoms with van der Waals surface area (Å²) < 4.78 is 0. The van der Waals surface area contributed by atoms with E-state index >= 15 is 0 Å². The van der Waals surface area contributed by atoms with E-state index in [1.807, 2.05) is 12.3 Å². The molecule has 0 aliphatic carbocycles. The van der Waals surface area contributed by atoms with E-state index < -0.39 is 0 Å². The fourth-order valence-corrected chi connectivity index (χ4v) is 2.27. The van der Waals surface area contributed by atoms with E-state index in [9.17, 15) is 0 Å². The fourth-order valence-electron chi connectivity index (χ4n) is 1.89. The van der Waals surface area contributed by atoms with Crippen molar-refractivity contribution >= 4 is 23.4 Å². The van der Waals surface area contributed by atoms with Crippen molar-refractivity contribution in [3.8, 4) is 0 Å². The molecule has 0 atom stereocenters. The van der Waals surface area contributed by atoms with Gasteiger partial charge in [-0.25, -0.2) is 15.8 Å². The Morgan fingerprint density at radius 1 is 1.37 bits per heavy atom. The van der Waals surface area contributed by atoms with Crippen LogP contribution in [-0.4, -0.2) is 28.8 Å². The van der Waals surface area contributed by atoms with Gasteiger partial charge in [-0.2, -0.15) is 0 Å². The van der Waals surface area contributed by atoms with Gasteiger partial charge in [-0.3, -0.25) is 0 Å². The summed E-state index contributed by atoms with van der Waals surface area (Å²) in [6, 6.07) is 2.32. The van der Waals surface area contributed by atoms with Gasteiger partial charge in [0.05, 0.1) is 0 Å². The maximum absolute atomic E-state index is 5.47. The Labute approximate surface area is 120 Å². The Bertz CT molecular complexity index is 361. The van der Waals surface area contributed by atoms with E-state index in [0.29, 0.717) is 11.9 Å². The zero-order chi connectivity index (χ0) is 14.3. The minimum Gasteiger partial charge on any atom is -0.354 e. The largest absolute Gasteiger partial charge is 0.354 e. The third-order valence-electron chi connectivity index (χ3n) is 2.94. The van der Waals surface area contributed by atoms with Crippen LogP contribution in [0, 0.1) is 0 Å². The van der Waals surface area contributed by atoms with Crippen LogP contribution >= 0.6 is 11.8 Å². The molecule has 0 unspecified atom stereocenters. The van der Waals surface area contributed by atoms with Crippen LogP contribution in [0.5, 0.6) is 0 Å². The summed E-state index contributed by atoms with van der Waals surface area (Å²) in [7, 11) is 0. The zero-order valence-electron chi connectivity index (χ0n) is 12.3. The Morgan fingerprint density at radius 2 is 2.11 bits per heavy atom. The molecule has 0 saturated carbocycles. The minimum absolute atomic E-state index is 0.409. The second-order valence-electron chi connectivity index (χ2n) is 4.74. The number of thioether (sulfide) groups is 1. The van der Waals surface area contributed by atoms with Crippen molar-refractivity contribution in [1.82, 2.24) is 9.97 Å². The lowest BCUT2D eigenvalue weighted by molar-refractivity contribution is 0.616. The molecule has 6 heteroatoms. The van der Waals surface area contributed by atoms with E-state index in [0.717, 1.165) is 17.5 Å². The van der Waals surface area contributed by atoms with Gasteiger partial charge in [0.15, 0.2) is 5.16 Å². The number of anilines is 2. The number of hydrogen-bond acceptors (Lipinski definition) is 6. The maximum Gasteiger partial charge on any atom is 0.191 e. The van der Waals surface area contributed by atoms with Crippen molar-refractivity contribution in [3.05, 3.63) is 6.07 Å². The molecular weight excluding hydrogens is 258 g/mol. The summed E-state index contributed by atoms with van der Waals surface area (Å²) >= 11 is 1.53. The van der Waals surface area contributed by atoms with Gasteiger partial charge in [-0.15, -0.1) is 0 Å². The van der Waals surface area contributed by atoms with Crippen LogP contribution in [0.2, 0.25) is 0 Å². The Kier molecular flexibility index (Phi) is 6.94. The first-order valence-corrected chi connectivity index (χ1v) is 8.01. The summed E-state index contributed by atoms with van der Waals surface area (Å²) in [5.74, 6) is 7.08. The number of nitrogens with two attached hydrogens (primary N) is 1. The minimum atomic E-state index is 0.409. The number of unbranched alkanes of at least 4 members (excludes halogenated alkanes) is 2. The average Bonchev–Trinajstić information content (AvgIpc) is 2.42. The highest BCUT2D eigenvalue weighted by molar-refractivity contribution is 7.98. The molecule has 3 N–H and O–H groups in total. The first-order valence-electron chi connectivity index (χ1n) is 6.78. The molecule has 0 bridgehead atoms. The molecule has 1 aromatic heterocycles. The van der Waals surface area contributed by atoms with E-state index in [-0.39, 0.29) is 0 Å². The van der Waals surface area contributed by atoms with Gasteiger partial charge in [-0.1, -0.05) is 31.5 Å².